The van der Waals surface area contributed by atoms with Crippen molar-refractivity contribution in [2.24, 2.45) is 16.6 Å². The second kappa shape index (κ2) is 28.6. The van der Waals surface area contributed by atoms with Crippen molar-refractivity contribution in [2.75, 3.05) is 94.0 Å². The highest BCUT2D eigenvalue weighted by atomic mass is 19.2. The Hall–Kier alpha value is -4.73. The number of aliphatic hydroxyl groups excluding tert-OH is 2. The molecular formula is C36H53F5N4O11. The molecule has 0 spiro atoms. The molecule has 0 saturated carbocycles. The van der Waals surface area contributed by atoms with Gasteiger partial charge < -0.3 is 54.7 Å². The van der Waals surface area contributed by atoms with Crippen LogP contribution in [-0.4, -0.2) is 138 Å². The number of halogens is 5. The minimum Gasteiger partial charge on any atom is -0.433 e. The van der Waals surface area contributed by atoms with Crippen LogP contribution in [0.1, 0.15) is 39.5 Å². The number of carbonyl (C=O) groups is 4. The van der Waals surface area contributed by atoms with Gasteiger partial charge >= 0.3 is 18.3 Å². The van der Waals surface area contributed by atoms with Crippen LogP contribution in [0.15, 0.2) is 0 Å². The molecule has 1 rings (SSSR count). The van der Waals surface area contributed by atoms with Gasteiger partial charge in [0.05, 0.1) is 13.2 Å². The summed E-state index contributed by atoms with van der Waals surface area (Å²) in [5.74, 6) is -11.2. The second-order valence-electron chi connectivity index (χ2n) is 12.8. The Bertz CT molecular complexity index is 1440. The maximum Gasteiger partial charge on any atom is 0.508 e. The van der Waals surface area contributed by atoms with Gasteiger partial charge in [-0.25, -0.2) is 22.8 Å². The third-order valence-corrected chi connectivity index (χ3v) is 6.93. The number of hydrogen-bond acceptors (Lipinski definition) is 14. The predicted molar refractivity (Wildman–Crippen MR) is 192 cm³/mol. The zero-order valence-corrected chi connectivity index (χ0v) is 32.5. The van der Waals surface area contributed by atoms with E-state index in [9.17, 15) is 51.3 Å². The number of terminal acetylenes is 2. The van der Waals surface area contributed by atoms with Gasteiger partial charge in [-0.2, -0.15) is 8.78 Å². The largest absolute Gasteiger partial charge is 0.508 e. The third kappa shape index (κ3) is 20.8. The smallest absolute Gasteiger partial charge is 0.433 e. The predicted octanol–water partition coefficient (Wildman–Crippen LogP) is 2.59. The molecular weight excluding hydrogens is 759 g/mol. The van der Waals surface area contributed by atoms with Crippen molar-refractivity contribution in [3.8, 4) is 30.4 Å². The first kappa shape index (κ1) is 53.4. The summed E-state index contributed by atoms with van der Waals surface area (Å²) in [4.78, 5) is 50.8. The van der Waals surface area contributed by atoms with Crippen LogP contribution in [-0.2, 0) is 28.5 Å². The van der Waals surface area contributed by atoms with E-state index in [-0.39, 0.29) is 32.1 Å². The quantitative estimate of drug-likeness (QED) is 0.0285. The SMILES string of the molecule is C#CCCOC(=O)OCC(C)(CO)C(=O)NCCCN(C)C.C#CCCOC(=O)OCC(C)(CO)C(=O)Oc1c(F)c(F)c(F)c(F)c1F.CN(C)CCCN. The number of amides is 1. The molecule has 2 atom stereocenters. The molecule has 0 aliphatic heterocycles. The first-order valence-electron chi connectivity index (χ1n) is 16.9. The Morgan fingerprint density at radius 3 is 1.50 bits per heavy atom. The van der Waals surface area contributed by atoms with Crippen molar-refractivity contribution < 1.29 is 75.0 Å². The molecule has 15 nitrogen and oxygen atoms in total. The monoisotopic (exact) mass is 812 g/mol. The molecule has 1 aromatic carbocycles. The number of nitrogens with one attached hydrogen (secondary N) is 1. The van der Waals surface area contributed by atoms with E-state index in [1.54, 1.807) is 0 Å². The van der Waals surface area contributed by atoms with Crippen LogP contribution in [0.25, 0.3) is 0 Å². The van der Waals surface area contributed by atoms with Crippen molar-refractivity contribution in [2.45, 2.75) is 39.5 Å². The van der Waals surface area contributed by atoms with Crippen LogP contribution in [0, 0.1) is 64.6 Å². The highest BCUT2D eigenvalue weighted by molar-refractivity contribution is 5.82. The van der Waals surface area contributed by atoms with Crippen molar-refractivity contribution in [3.63, 3.8) is 0 Å². The lowest BCUT2D eigenvalue weighted by Gasteiger charge is -2.25. The Morgan fingerprint density at radius 1 is 0.714 bits per heavy atom. The number of rotatable bonds is 20. The molecule has 5 N–H and O–H groups in total. The van der Waals surface area contributed by atoms with E-state index in [1.807, 2.05) is 19.0 Å². The lowest BCUT2D eigenvalue weighted by atomic mass is 9.92. The number of aliphatic hydroxyl groups is 2. The van der Waals surface area contributed by atoms with Crippen molar-refractivity contribution in [3.05, 3.63) is 29.1 Å². The molecule has 0 radical (unpaired) electrons. The number of nitrogens with two attached hydrogens (primary N) is 1. The molecule has 1 aromatic rings. The van der Waals surface area contributed by atoms with Gasteiger partial charge in [-0.3, -0.25) is 9.59 Å². The van der Waals surface area contributed by atoms with E-state index in [1.165, 1.54) is 6.92 Å². The normalized spacial score (nSPS) is 12.5. The minimum atomic E-state index is -2.44. The highest BCUT2D eigenvalue weighted by Crippen LogP contribution is 2.31. The zero-order valence-electron chi connectivity index (χ0n) is 32.5. The summed E-state index contributed by atoms with van der Waals surface area (Å²) < 4.78 is 89.2. The van der Waals surface area contributed by atoms with Gasteiger partial charge in [0, 0.05) is 19.4 Å². The molecule has 0 fully saturated rings. The average Bonchev–Trinajstić information content (AvgIpc) is 3.17. The lowest BCUT2D eigenvalue weighted by molar-refractivity contribution is -0.151. The molecule has 0 aliphatic carbocycles. The molecule has 318 valence electrons. The number of nitrogens with zero attached hydrogens (tertiary/aromatic N) is 2. The Balaban J connectivity index is 0. The fourth-order valence-electron chi connectivity index (χ4n) is 3.37. The molecule has 20 heteroatoms. The Labute approximate surface area is 323 Å². The summed E-state index contributed by atoms with van der Waals surface area (Å²) in [6.07, 6.45) is 10.0. The second-order valence-corrected chi connectivity index (χ2v) is 12.8. The van der Waals surface area contributed by atoms with Crippen molar-refractivity contribution >= 4 is 24.2 Å². The molecule has 0 saturated heterocycles. The first-order chi connectivity index (χ1) is 26.2. The Kier molecular flexibility index (Phi) is 27.3. The summed E-state index contributed by atoms with van der Waals surface area (Å²) in [5, 5.41) is 21.4. The topological polar surface area (TPSA) is 199 Å². The van der Waals surface area contributed by atoms with Crippen molar-refractivity contribution in [1.29, 1.82) is 0 Å². The molecule has 1 amide bonds. The van der Waals surface area contributed by atoms with Gasteiger partial charge in [-0.15, -0.1) is 24.7 Å². The Morgan fingerprint density at radius 2 is 1.12 bits per heavy atom. The molecule has 2 unspecified atom stereocenters. The van der Waals surface area contributed by atoms with E-state index in [0.717, 1.165) is 39.4 Å². The molecule has 0 heterocycles. The van der Waals surface area contributed by atoms with Gasteiger partial charge in [0.2, 0.25) is 40.7 Å². The van der Waals surface area contributed by atoms with Gasteiger partial charge in [0.1, 0.15) is 37.3 Å². The lowest BCUT2D eigenvalue weighted by Crippen LogP contribution is -2.45. The van der Waals surface area contributed by atoms with Crippen LogP contribution in [0.5, 0.6) is 5.75 Å². The fourth-order valence-corrected chi connectivity index (χ4v) is 3.37. The van der Waals surface area contributed by atoms with E-state index in [4.69, 9.17) is 28.1 Å². The van der Waals surface area contributed by atoms with Crippen molar-refractivity contribution in [1.82, 2.24) is 15.1 Å². The standard InChI is InChI=1S/C16H13F5O6.C15H26N2O5.C5H14N2/c1-3-4-5-25-15(24)26-7-16(2,6-22)14(23)27-13-11(20)9(18)8(17)10(19)12(13)21;1-5-6-10-21-14(20)22-12-15(2,11-18)13(19)16-8-7-9-17(3)4;1-7(2)5-3-4-6/h1,22H,4-7H2,2H3;1,18H,6-12H2,2-4H3,(H,16,19);3-6H2,1-2H3. The average molecular weight is 813 g/mol. The number of carbonyl (C=O) groups excluding carboxylic acids is 4. The highest BCUT2D eigenvalue weighted by Gasteiger charge is 2.39. The number of ether oxygens (including phenoxy) is 5. The third-order valence-electron chi connectivity index (χ3n) is 6.93. The van der Waals surface area contributed by atoms with Crippen LogP contribution < -0.4 is 15.8 Å². The maximum absolute atomic E-state index is 13.6. The zero-order chi connectivity index (χ0) is 43.5. The summed E-state index contributed by atoms with van der Waals surface area (Å²) in [6, 6.07) is 0. The molecule has 0 aliphatic rings. The van der Waals surface area contributed by atoms with E-state index < -0.39 is 83.8 Å². The van der Waals surface area contributed by atoms with E-state index in [2.05, 4.69) is 50.4 Å². The molecule has 56 heavy (non-hydrogen) atoms. The first-order valence-corrected chi connectivity index (χ1v) is 16.9. The van der Waals surface area contributed by atoms with Crippen LogP contribution in [0.2, 0.25) is 0 Å². The van der Waals surface area contributed by atoms with Gasteiger partial charge in [-0.1, -0.05) is 0 Å². The molecule has 0 bridgehead atoms. The van der Waals surface area contributed by atoms with Crippen LogP contribution in [0.4, 0.5) is 31.5 Å². The number of esters is 1. The van der Waals surface area contributed by atoms with E-state index in [0.29, 0.717) is 13.0 Å². The minimum absolute atomic E-state index is 0.0574. The summed E-state index contributed by atoms with van der Waals surface area (Å²) in [6.45, 7) is 2.93. The summed E-state index contributed by atoms with van der Waals surface area (Å²) in [5.41, 5.74) is 1.95. The number of benzene rings is 1. The van der Waals surface area contributed by atoms with Gasteiger partial charge in [0.25, 0.3) is 0 Å². The van der Waals surface area contributed by atoms with Gasteiger partial charge in [-0.05, 0) is 74.5 Å². The van der Waals surface area contributed by atoms with Gasteiger partial charge in [0.15, 0.2) is 0 Å². The van der Waals surface area contributed by atoms with E-state index >= 15 is 0 Å². The maximum atomic E-state index is 13.6. The fraction of sp³-hybridized carbons (Fsp3) is 0.611. The summed E-state index contributed by atoms with van der Waals surface area (Å²) in [7, 11) is 7.99. The number of hydrogen-bond donors (Lipinski definition) is 4. The van der Waals surface area contributed by atoms with Crippen LogP contribution in [0.3, 0.4) is 0 Å². The van der Waals surface area contributed by atoms with Crippen LogP contribution >= 0.6 is 0 Å². The summed E-state index contributed by atoms with van der Waals surface area (Å²) >= 11 is 0. The molecule has 0 aromatic heterocycles.